The normalized spacial score (nSPS) is 10.6. The summed E-state index contributed by atoms with van der Waals surface area (Å²) in [6.45, 7) is -0.490. The van der Waals surface area contributed by atoms with Crippen LogP contribution in [0.25, 0.3) is 6.08 Å². The second-order valence-corrected chi connectivity index (χ2v) is 5.99. The number of halogens is 1. The lowest BCUT2D eigenvalue weighted by molar-refractivity contribution is -0.139. The highest BCUT2D eigenvalue weighted by Crippen LogP contribution is 2.29. The van der Waals surface area contributed by atoms with Crippen LogP contribution < -0.4 is 14.2 Å². The predicted molar refractivity (Wildman–Crippen MR) is 100 cm³/mol. The average Bonchev–Trinajstić information content (AvgIpc) is 2.64. The topological polar surface area (TPSA) is 82.1 Å². The first kappa shape index (κ1) is 19.5. The van der Waals surface area contributed by atoms with Crippen molar-refractivity contribution < 1.29 is 28.9 Å². The van der Waals surface area contributed by atoms with Crippen molar-refractivity contribution in [2.24, 2.45) is 0 Å². The molecule has 0 unspecified atom stereocenters. The van der Waals surface area contributed by atoms with Gasteiger partial charge in [-0.05, 0) is 57.9 Å². The van der Waals surface area contributed by atoms with Gasteiger partial charge in [-0.2, -0.15) is 0 Å². The van der Waals surface area contributed by atoms with Crippen LogP contribution in [0.5, 0.6) is 17.2 Å². The molecule has 0 aromatic heterocycles. The number of allylic oxidation sites excluding steroid dienone is 1. The van der Waals surface area contributed by atoms with Crippen LogP contribution >= 0.6 is 15.9 Å². The van der Waals surface area contributed by atoms with Gasteiger partial charge in [-0.25, -0.2) is 4.79 Å². The first-order valence-corrected chi connectivity index (χ1v) is 8.32. The monoisotopic (exact) mass is 420 g/mol. The molecule has 0 saturated heterocycles. The first-order chi connectivity index (χ1) is 12.4. The summed E-state index contributed by atoms with van der Waals surface area (Å²) in [5, 5.41) is 8.67. The Balaban J connectivity index is 2.16. The molecule has 26 heavy (non-hydrogen) atoms. The summed E-state index contributed by atoms with van der Waals surface area (Å²) in [5.41, 5.74) is 1.23. The van der Waals surface area contributed by atoms with Gasteiger partial charge >= 0.3 is 5.97 Å². The maximum Gasteiger partial charge on any atom is 0.341 e. The predicted octanol–water partition coefficient (Wildman–Crippen LogP) is 3.83. The van der Waals surface area contributed by atoms with E-state index in [2.05, 4.69) is 15.9 Å². The van der Waals surface area contributed by atoms with Gasteiger partial charge in [0, 0.05) is 5.56 Å². The number of hydrogen-bond acceptors (Lipinski definition) is 5. The number of carbonyl (C=O) groups excluding carboxylic acids is 1. The molecule has 0 bridgehead atoms. The van der Waals surface area contributed by atoms with Crippen molar-refractivity contribution in [3.8, 4) is 17.2 Å². The zero-order valence-corrected chi connectivity index (χ0v) is 15.8. The second-order valence-electron chi connectivity index (χ2n) is 5.14. The zero-order valence-electron chi connectivity index (χ0n) is 14.2. The van der Waals surface area contributed by atoms with Crippen LogP contribution in [0.15, 0.2) is 46.9 Å². The number of ether oxygens (including phenoxy) is 3. The molecule has 0 atom stereocenters. The van der Waals surface area contributed by atoms with Crippen molar-refractivity contribution in [3.63, 3.8) is 0 Å². The van der Waals surface area contributed by atoms with Gasteiger partial charge in [-0.3, -0.25) is 4.79 Å². The second kappa shape index (κ2) is 9.05. The lowest BCUT2D eigenvalue weighted by Crippen LogP contribution is -2.10. The number of aliphatic carboxylic acids is 1. The summed E-state index contributed by atoms with van der Waals surface area (Å²) in [5.74, 6) is -0.0665. The van der Waals surface area contributed by atoms with Crippen LogP contribution in [-0.2, 0) is 4.79 Å². The molecule has 0 aliphatic heterocycles. The van der Waals surface area contributed by atoms with E-state index in [9.17, 15) is 9.59 Å². The van der Waals surface area contributed by atoms with Gasteiger partial charge in [0.15, 0.2) is 23.9 Å². The van der Waals surface area contributed by atoms with Gasteiger partial charge in [0.05, 0.1) is 18.7 Å². The number of carboxylic acid groups (broad SMARTS) is 1. The van der Waals surface area contributed by atoms with Crippen molar-refractivity contribution in [3.05, 3.63) is 58.1 Å². The number of methoxy groups -OCH3 is 2. The third-order valence-electron chi connectivity index (χ3n) is 3.40. The minimum atomic E-state index is -1.10. The van der Waals surface area contributed by atoms with Crippen LogP contribution in [0.4, 0.5) is 0 Å². The minimum Gasteiger partial charge on any atom is -0.496 e. The van der Waals surface area contributed by atoms with Crippen molar-refractivity contribution in [2.75, 3.05) is 20.8 Å². The Morgan fingerprint density at radius 1 is 1.04 bits per heavy atom. The van der Waals surface area contributed by atoms with Gasteiger partial charge < -0.3 is 19.3 Å². The van der Waals surface area contributed by atoms with E-state index in [0.29, 0.717) is 11.3 Å². The quantitative estimate of drug-likeness (QED) is 0.516. The summed E-state index contributed by atoms with van der Waals surface area (Å²) in [6.07, 6.45) is 3.13. The molecule has 1 N–H and O–H groups in total. The SMILES string of the molecule is COc1ccc(C=CC(=O)c2ccc(OCC(=O)O)c(OC)c2)cc1Br. The Kier molecular flexibility index (Phi) is 6.80. The summed E-state index contributed by atoms with van der Waals surface area (Å²) in [6, 6.07) is 10.0. The first-order valence-electron chi connectivity index (χ1n) is 7.53. The molecule has 0 saturated carbocycles. The molecular formula is C19H17BrO6. The molecule has 2 aromatic carbocycles. The Morgan fingerprint density at radius 2 is 1.73 bits per heavy atom. The van der Waals surface area contributed by atoms with Crippen molar-refractivity contribution in [1.29, 1.82) is 0 Å². The third kappa shape index (κ3) is 5.10. The lowest BCUT2D eigenvalue weighted by Gasteiger charge is -2.10. The molecule has 0 fully saturated rings. The van der Waals surface area contributed by atoms with Gasteiger partial charge in [0.25, 0.3) is 0 Å². The highest BCUT2D eigenvalue weighted by atomic mass is 79.9. The number of benzene rings is 2. The van der Waals surface area contributed by atoms with Crippen LogP contribution in [0, 0.1) is 0 Å². The molecule has 6 nitrogen and oxygen atoms in total. The van der Waals surface area contributed by atoms with Gasteiger partial charge in [0.1, 0.15) is 5.75 Å². The number of carboxylic acids is 1. The maximum absolute atomic E-state index is 12.4. The zero-order chi connectivity index (χ0) is 19.1. The largest absolute Gasteiger partial charge is 0.496 e. The number of hydrogen-bond donors (Lipinski definition) is 1. The Bertz CT molecular complexity index is 844. The van der Waals surface area contributed by atoms with Crippen LogP contribution in [-0.4, -0.2) is 37.7 Å². The molecule has 2 aromatic rings. The summed E-state index contributed by atoms with van der Waals surface area (Å²) in [4.78, 5) is 22.9. The fourth-order valence-electron chi connectivity index (χ4n) is 2.13. The molecule has 0 aliphatic rings. The van der Waals surface area contributed by atoms with E-state index >= 15 is 0 Å². The maximum atomic E-state index is 12.4. The van der Waals surface area contributed by atoms with E-state index in [1.165, 1.54) is 25.3 Å². The van der Waals surface area contributed by atoms with Crippen molar-refractivity contribution >= 4 is 33.8 Å². The van der Waals surface area contributed by atoms with E-state index in [0.717, 1.165) is 10.0 Å². The van der Waals surface area contributed by atoms with Crippen LogP contribution in [0.2, 0.25) is 0 Å². The Morgan fingerprint density at radius 3 is 2.35 bits per heavy atom. The van der Waals surface area contributed by atoms with E-state index in [1.54, 1.807) is 25.3 Å². The molecule has 0 amide bonds. The molecule has 7 heteroatoms. The highest BCUT2D eigenvalue weighted by molar-refractivity contribution is 9.10. The van der Waals surface area contributed by atoms with Crippen LogP contribution in [0.3, 0.4) is 0 Å². The average molecular weight is 421 g/mol. The molecule has 0 spiro atoms. The van der Waals surface area contributed by atoms with Gasteiger partial charge in [0.2, 0.25) is 0 Å². The fraction of sp³-hybridized carbons (Fsp3) is 0.158. The smallest absolute Gasteiger partial charge is 0.341 e. The third-order valence-corrected chi connectivity index (χ3v) is 4.02. The lowest BCUT2D eigenvalue weighted by atomic mass is 10.1. The number of ketones is 1. The highest BCUT2D eigenvalue weighted by Gasteiger charge is 2.11. The minimum absolute atomic E-state index is 0.222. The van der Waals surface area contributed by atoms with E-state index in [1.807, 2.05) is 12.1 Å². The van der Waals surface area contributed by atoms with Crippen molar-refractivity contribution in [1.82, 2.24) is 0 Å². The van der Waals surface area contributed by atoms with E-state index < -0.39 is 12.6 Å². The summed E-state index contributed by atoms with van der Waals surface area (Å²) < 4.78 is 16.2. The fourth-order valence-corrected chi connectivity index (χ4v) is 2.69. The van der Waals surface area contributed by atoms with Crippen LogP contribution in [0.1, 0.15) is 15.9 Å². The molecule has 2 rings (SSSR count). The standard InChI is InChI=1S/C19H17BrO6/c1-24-16-7-4-12(9-14(16)20)3-6-15(21)13-5-8-17(18(10-13)25-2)26-11-19(22)23/h3-10H,11H2,1-2H3,(H,22,23). The molecule has 0 radical (unpaired) electrons. The summed E-state index contributed by atoms with van der Waals surface area (Å²) >= 11 is 3.39. The molecule has 0 aliphatic carbocycles. The van der Waals surface area contributed by atoms with E-state index in [4.69, 9.17) is 19.3 Å². The summed E-state index contributed by atoms with van der Waals surface area (Å²) in [7, 11) is 3.00. The Labute approximate surface area is 159 Å². The number of carbonyl (C=O) groups is 2. The van der Waals surface area contributed by atoms with Gasteiger partial charge in [-0.1, -0.05) is 12.1 Å². The van der Waals surface area contributed by atoms with Gasteiger partial charge in [-0.15, -0.1) is 0 Å². The van der Waals surface area contributed by atoms with Crippen molar-refractivity contribution in [2.45, 2.75) is 0 Å². The molecular weight excluding hydrogens is 404 g/mol. The molecule has 0 heterocycles. The molecule has 136 valence electrons. The number of rotatable bonds is 8. The van der Waals surface area contributed by atoms with E-state index in [-0.39, 0.29) is 17.3 Å². The Hall–Kier alpha value is -2.80.